The molecule has 0 bridgehead atoms. The van der Waals surface area contributed by atoms with Gasteiger partial charge in [-0.05, 0) is 12.5 Å². The number of hydrogen-bond donors (Lipinski definition) is 0. The predicted molar refractivity (Wildman–Crippen MR) is 62.4 cm³/mol. The topological polar surface area (TPSA) is 9.23 Å². The third-order valence-corrected chi connectivity index (χ3v) is 2.21. The van der Waals surface area contributed by atoms with Crippen LogP contribution in [0.2, 0.25) is 0 Å². The van der Waals surface area contributed by atoms with Gasteiger partial charge in [0.05, 0.1) is 0 Å². The largest absolute Gasteiger partial charge is 0.457 e. The Labute approximate surface area is 104 Å². The van der Waals surface area contributed by atoms with Gasteiger partial charge >= 0.3 is 6.18 Å². The molecule has 0 amide bonds. The van der Waals surface area contributed by atoms with Crippen molar-refractivity contribution in [2.45, 2.75) is 18.7 Å². The van der Waals surface area contributed by atoms with Gasteiger partial charge in [0.25, 0.3) is 0 Å². The lowest BCUT2D eigenvalue weighted by Crippen LogP contribution is -2.25. The first kappa shape index (κ1) is 14.2. The molecule has 1 nitrogen and oxygen atoms in total. The molecule has 0 spiro atoms. The first-order valence-corrected chi connectivity index (χ1v) is 5.11. The van der Waals surface area contributed by atoms with Gasteiger partial charge in [0.15, 0.2) is 5.60 Å². The molecule has 1 aromatic rings. The van der Waals surface area contributed by atoms with Crippen LogP contribution in [0.1, 0.15) is 12.5 Å². The molecule has 0 aromatic heterocycles. The molecule has 4 heteroatoms. The highest BCUT2D eigenvalue weighted by Gasteiger charge is 2.29. The highest BCUT2D eigenvalue weighted by atomic mass is 19.4. The maximum Gasteiger partial charge on any atom is 0.457 e. The van der Waals surface area contributed by atoms with Crippen LogP contribution in [0.25, 0.3) is 0 Å². The maximum absolute atomic E-state index is 12.2. The summed E-state index contributed by atoms with van der Waals surface area (Å²) in [5.41, 5.74) is -0.847. The van der Waals surface area contributed by atoms with Gasteiger partial charge in [-0.3, -0.25) is 0 Å². The van der Waals surface area contributed by atoms with Crippen molar-refractivity contribution in [3.63, 3.8) is 0 Å². The summed E-state index contributed by atoms with van der Waals surface area (Å²) in [4.78, 5) is 0. The van der Waals surface area contributed by atoms with Crippen LogP contribution < -0.4 is 0 Å². The van der Waals surface area contributed by atoms with E-state index in [9.17, 15) is 13.2 Å². The van der Waals surface area contributed by atoms with E-state index in [-0.39, 0.29) is 6.61 Å². The second-order valence-electron chi connectivity index (χ2n) is 3.64. The Bertz CT molecular complexity index is 488. The molecule has 0 saturated carbocycles. The lowest BCUT2D eigenvalue weighted by Gasteiger charge is -2.23. The van der Waals surface area contributed by atoms with Crippen molar-refractivity contribution in [2.75, 3.05) is 6.61 Å². The van der Waals surface area contributed by atoms with Crippen LogP contribution in [0.3, 0.4) is 0 Å². The van der Waals surface area contributed by atoms with E-state index in [4.69, 9.17) is 11.2 Å². The number of benzene rings is 1. The monoisotopic (exact) mass is 252 g/mol. The van der Waals surface area contributed by atoms with Crippen molar-refractivity contribution in [2.24, 2.45) is 0 Å². The number of hydrogen-bond acceptors (Lipinski definition) is 1. The first-order chi connectivity index (χ1) is 8.37. The number of rotatable bonds is 3. The Morgan fingerprint density at radius 3 is 2.28 bits per heavy atom. The SMILES string of the molecule is C#CCOC(C)(C#CC(F)(F)F)c1ccccc1. The Morgan fingerprint density at radius 2 is 1.78 bits per heavy atom. The van der Waals surface area contributed by atoms with Crippen LogP contribution in [0.5, 0.6) is 0 Å². The molecule has 1 atom stereocenters. The van der Waals surface area contributed by atoms with E-state index in [1.165, 1.54) is 12.8 Å². The standard InChI is InChI=1S/C14H11F3O/c1-3-11-18-13(2,9-10-14(15,16)17)12-7-5-4-6-8-12/h1,4-8H,11H2,2H3. The fraction of sp³-hybridized carbons (Fsp3) is 0.286. The normalized spacial score (nSPS) is 13.9. The van der Waals surface area contributed by atoms with Gasteiger partial charge in [-0.1, -0.05) is 42.2 Å². The highest BCUT2D eigenvalue weighted by molar-refractivity contribution is 5.32. The average molecular weight is 252 g/mol. The van der Waals surface area contributed by atoms with E-state index in [1.807, 2.05) is 0 Å². The van der Waals surface area contributed by atoms with Gasteiger partial charge in [0.1, 0.15) is 6.61 Å². The molecule has 0 aliphatic heterocycles. The molecule has 18 heavy (non-hydrogen) atoms. The van der Waals surface area contributed by atoms with E-state index in [2.05, 4.69) is 11.8 Å². The van der Waals surface area contributed by atoms with Crippen molar-refractivity contribution in [3.8, 4) is 24.2 Å². The third-order valence-electron chi connectivity index (χ3n) is 2.21. The minimum Gasteiger partial charge on any atom is -0.346 e. The van der Waals surface area contributed by atoms with Gasteiger partial charge < -0.3 is 4.74 Å². The Morgan fingerprint density at radius 1 is 1.17 bits per heavy atom. The molecule has 0 aliphatic rings. The van der Waals surface area contributed by atoms with E-state index < -0.39 is 11.8 Å². The fourth-order valence-corrected chi connectivity index (χ4v) is 1.32. The number of terminal acetylenes is 1. The summed E-state index contributed by atoms with van der Waals surface area (Å²) in [5, 5.41) is 0. The fourth-order valence-electron chi connectivity index (χ4n) is 1.32. The smallest absolute Gasteiger partial charge is 0.346 e. The zero-order valence-electron chi connectivity index (χ0n) is 9.71. The molecule has 0 aliphatic carbocycles. The Kier molecular flexibility index (Phi) is 4.42. The molecule has 1 rings (SSSR count). The van der Waals surface area contributed by atoms with Crippen LogP contribution in [0.15, 0.2) is 30.3 Å². The molecule has 0 N–H and O–H groups in total. The Hall–Kier alpha value is -1.91. The van der Waals surface area contributed by atoms with E-state index in [0.29, 0.717) is 5.56 Å². The van der Waals surface area contributed by atoms with Gasteiger partial charge in [-0.2, -0.15) is 13.2 Å². The van der Waals surface area contributed by atoms with E-state index in [1.54, 1.807) is 30.3 Å². The summed E-state index contributed by atoms with van der Waals surface area (Å²) in [6, 6.07) is 8.43. The van der Waals surface area contributed by atoms with E-state index >= 15 is 0 Å². The van der Waals surface area contributed by atoms with Crippen LogP contribution in [-0.4, -0.2) is 12.8 Å². The second-order valence-corrected chi connectivity index (χ2v) is 3.64. The van der Waals surface area contributed by atoms with Crippen molar-refractivity contribution in [3.05, 3.63) is 35.9 Å². The third kappa shape index (κ3) is 4.16. The molecule has 0 heterocycles. The summed E-state index contributed by atoms with van der Waals surface area (Å²) in [5.74, 6) is 5.54. The molecule has 94 valence electrons. The number of ether oxygens (including phenoxy) is 1. The van der Waals surface area contributed by atoms with Gasteiger partial charge in [0.2, 0.25) is 0 Å². The molecular formula is C14H11F3O. The van der Waals surface area contributed by atoms with Crippen molar-refractivity contribution >= 4 is 0 Å². The molecular weight excluding hydrogens is 241 g/mol. The lowest BCUT2D eigenvalue weighted by atomic mass is 9.96. The lowest BCUT2D eigenvalue weighted by molar-refractivity contribution is -0.0707. The predicted octanol–water partition coefficient (Wildman–Crippen LogP) is 3.12. The quantitative estimate of drug-likeness (QED) is 0.751. The van der Waals surface area contributed by atoms with Gasteiger partial charge in [0, 0.05) is 5.92 Å². The van der Waals surface area contributed by atoms with Crippen molar-refractivity contribution in [1.29, 1.82) is 0 Å². The van der Waals surface area contributed by atoms with Crippen LogP contribution in [-0.2, 0) is 10.3 Å². The summed E-state index contributed by atoms with van der Waals surface area (Å²) in [7, 11) is 0. The molecule has 0 saturated heterocycles. The zero-order chi connectivity index (χ0) is 13.6. The molecule has 0 radical (unpaired) electrons. The summed E-state index contributed by atoms with van der Waals surface area (Å²) >= 11 is 0. The summed E-state index contributed by atoms with van der Waals surface area (Å²) < 4.78 is 41.7. The van der Waals surface area contributed by atoms with Crippen LogP contribution in [0, 0.1) is 24.2 Å². The molecule has 1 aromatic carbocycles. The maximum atomic E-state index is 12.2. The van der Waals surface area contributed by atoms with Crippen LogP contribution >= 0.6 is 0 Å². The van der Waals surface area contributed by atoms with E-state index in [0.717, 1.165) is 0 Å². The van der Waals surface area contributed by atoms with Crippen LogP contribution in [0.4, 0.5) is 13.2 Å². The number of alkyl halides is 3. The van der Waals surface area contributed by atoms with Crippen molar-refractivity contribution in [1.82, 2.24) is 0 Å². The number of halogens is 3. The zero-order valence-corrected chi connectivity index (χ0v) is 9.71. The first-order valence-electron chi connectivity index (χ1n) is 5.11. The average Bonchev–Trinajstić information content (AvgIpc) is 2.34. The minimum absolute atomic E-state index is 0.113. The molecule has 0 fully saturated rings. The van der Waals surface area contributed by atoms with Crippen molar-refractivity contribution < 1.29 is 17.9 Å². The minimum atomic E-state index is -4.56. The summed E-state index contributed by atoms with van der Waals surface area (Å²) in [6.45, 7) is 1.34. The Balaban J connectivity index is 3.11. The van der Waals surface area contributed by atoms with Gasteiger partial charge in [-0.15, -0.1) is 6.42 Å². The summed E-state index contributed by atoms with van der Waals surface area (Å²) in [6.07, 6.45) is 0.490. The highest BCUT2D eigenvalue weighted by Crippen LogP contribution is 2.25. The van der Waals surface area contributed by atoms with Gasteiger partial charge in [-0.25, -0.2) is 0 Å². The second kappa shape index (κ2) is 5.62. The molecule has 1 unspecified atom stereocenters.